The first-order valence-electron chi connectivity index (χ1n) is 11.1. The molecule has 1 fully saturated rings. The minimum absolute atomic E-state index is 0. The average molecular weight is 527 g/mol. The van der Waals surface area contributed by atoms with Crippen LogP contribution in [0, 0.1) is 5.82 Å². The van der Waals surface area contributed by atoms with E-state index >= 15 is 0 Å². The highest BCUT2D eigenvalue weighted by molar-refractivity contribution is 8.00. The van der Waals surface area contributed by atoms with E-state index in [2.05, 4.69) is 0 Å². The maximum absolute atomic E-state index is 13.6. The van der Waals surface area contributed by atoms with E-state index < -0.39 is 23.9 Å². The van der Waals surface area contributed by atoms with E-state index in [4.69, 9.17) is 15.2 Å². The van der Waals surface area contributed by atoms with Crippen LogP contribution in [-0.4, -0.2) is 40.6 Å². The van der Waals surface area contributed by atoms with Gasteiger partial charge in [0.25, 0.3) is 0 Å². The fraction of sp³-hybridized carbons (Fsp3) is 0.185. The summed E-state index contributed by atoms with van der Waals surface area (Å²) < 4.78 is 25.4. The van der Waals surface area contributed by atoms with Gasteiger partial charge in [-0.15, -0.1) is 24.2 Å². The number of halogens is 2. The summed E-state index contributed by atoms with van der Waals surface area (Å²) in [6.07, 6.45) is -0.666. The molecule has 2 aliphatic heterocycles. The van der Waals surface area contributed by atoms with Gasteiger partial charge in [0, 0.05) is 17.4 Å². The number of thioether (sulfide) groups is 1. The van der Waals surface area contributed by atoms with Gasteiger partial charge in [-0.05, 0) is 23.3 Å². The van der Waals surface area contributed by atoms with Crippen molar-refractivity contribution in [1.82, 2.24) is 4.90 Å². The Balaban J connectivity index is 0.00000304. The molecule has 3 aromatic carbocycles. The van der Waals surface area contributed by atoms with E-state index in [1.165, 1.54) is 28.8 Å². The molecule has 0 aliphatic carbocycles. The van der Waals surface area contributed by atoms with Crippen LogP contribution in [-0.2, 0) is 14.3 Å². The molecule has 0 bridgehead atoms. The van der Waals surface area contributed by atoms with Gasteiger partial charge >= 0.3 is 5.97 Å². The minimum atomic E-state index is -0.674. The molecule has 0 saturated carbocycles. The van der Waals surface area contributed by atoms with Crippen molar-refractivity contribution in [3.05, 3.63) is 113 Å². The minimum Gasteiger partial charge on any atom is -0.489 e. The zero-order chi connectivity index (χ0) is 24.4. The van der Waals surface area contributed by atoms with Crippen LogP contribution in [0.2, 0.25) is 0 Å². The smallest absolute Gasteiger partial charge is 0.356 e. The molecule has 2 heterocycles. The monoisotopic (exact) mass is 526 g/mol. The van der Waals surface area contributed by atoms with Crippen LogP contribution in [0.4, 0.5) is 4.39 Å². The van der Waals surface area contributed by atoms with Crippen molar-refractivity contribution in [1.29, 1.82) is 0 Å². The number of benzene rings is 3. The second kappa shape index (κ2) is 11.2. The summed E-state index contributed by atoms with van der Waals surface area (Å²) in [5.41, 5.74) is 8.33. The number of carbonyl (C=O) groups is 2. The Morgan fingerprint density at radius 3 is 2.28 bits per heavy atom. The Morgan fingerprint density at radius 2 is 1.67 bits per heavy atom. The topological polar surface area (TPSA) is 81.9 Å². The van der Waals surface area contributed by atoms with E-state index in [0.717, 1.165) is 11.1 Å². The van der Waals surface area contributed by atoms with Crippen molar-refractivity contribution in [3.63, 3.8) is 0 Å². The largest absolute Gasteiger partial charge is 0.489 e. The van der Waals surface area contributed by atoms with Gasteiger partial charge in [0.2, 0.25) is 5.91 Å². The van der Waals surface area contributed by atoms with Crippen LogP contribution in [0.1, 0.15) is 17.2 Å². The third kappa shape index (κ3) is 5.11. The Kier molecular flexibility index (Phi) is 7.98. The van der Waals surface area contributed by atoms with E-state index in [1.807, 2.05) is 60.7 Å². The molecule has 2 aliphatic rings. The first-order chi connectivity index (χ1) is 17.0. The van der Waals surface area contributed by atoms with E-state index in [1.54, 1.807) is 12.1 Å². The first kappa shape index (κ1) is 25.8. The van der Waals surface area contributed by atoms with Crippen molar-refractivity contribution in [2.45, 2.75) is 17.5 Å². The number of fused-ring (bicyclic) bond motifs is 1. The Bertz CT molecular complexity index is 1240. The number of amides is 1. The molecular formula is C27H24ClFN2O4S. The van der Waals surface area contributed by atoms with Crippen molar-refractivity contribution < 1.29 is 23.5 Å². The van der Waals surface area contributed by atoms with Crippen molar-refractivity contribution in [2.75, 3.05) is 12.4 Å². The molecule has 1 amide bonds. The maximum atomic E-state index is 13.6. The lowest BCUT2D eigenvalue weighted by atomic mass is 10.0. The normalized spacial score (nSPS) is 18.8. The van der Waals surface area contributed by atoms with Crippen LogP contribution in [0.3, 0.4) is 0 Å². The standard InChI is InChI=1S/C27H23FN2O4S.ClH/c28-20-12-7-13-21(14-20)33-15-19-16-35-26-22(29)25(31)30(26)23(19)27(32)34-24(17-8-3-1-4-9-17)18-10-5-2-6-11-18;/h1-14,22,24,26H,15-16,29H2;1H/t22?,26-;/m0./s1. The molecule has 2 N–H and O–H groups in total. The highest BCUT2D eigenvalue weighted by Crippen LogP contribution is 2.41. The molecule has 2 atom stereocenters. The second-order valence-corrected chi connectivity index (χ2v) is 9.35. The third-order valence-electron chi connectivity index (χ3n) is 5.92. The number of esters is 1. The first-order valence-corrected chi connectivity index (χ1v) is 12.2. The lowest BCUT2D eigenvalue weighted by molar-refractivity contribution is -0.153. The average Bonchev–Trinajstić information content (AvgIpc) is 2.90. The van der Waals surface area contributed by atoms with Gasteiger partial charge in [0.05, 0.1) is 0 Å². The summed E-state index contributed by atoms with van der Waals surface area (Å²) in [5, 5.41) is -0.338. The van der Waals surface area contributed by atoms with Crippen LogP contribution >= 0.6 is 24.2 Å². The number of ether oxygens (including phenoxy) is 2. The summed E-state index contributed by atoms with van der Waals surface area (Å²) >= 11 is 1.46. The lowest BCUT2D eigenvalue weighted by Gasteiger charge is -2.48. The number of β-lactam (4-membered cyclic amide) rings is 1. The Hall–Kier alpha value is -3.33. The molecule has 0 aromatic heterocycles. The second-order valence-electron chi connectivity index (χ2n) is 8.24. The molecule has 186 valence electrons. The van der Waals surface area contributed by atoms with Gasteiger partial charge in [0.15, 0.2) is 6.10 Å². The number of hydrogen-bond acceptors (Lipinski definition) is 6. The number of nitrogens with two attached hydrogens (primary N) is 1. The van der Waals surface area contributed by atoms with E-state index in [-0.39, 0.29) is 36.0 Å². The molecular weight excluding hydrogens is 503 g/mol. The summed E-state index contributed by atoms with van der Waals surface area (Å²) in [7, 11) is 0. The van der Waals surface area contributed by atoms with Gasteiger partial charge < -0.3 is 15.2 Å². The highest BCUT2D eigenvalue weighted by Gasteiger charge is 2.52. The highest BCUT2D eigenvalue weighted by atomic mass is 35.5. The SMILES string of the molecule is Cl.NC1C(=O)N2C(C(=O)OC(c3ccccc3)c3ccccc3)=C(COc3cccc(F)c3)CS[C@@H]12. The Labute approximate surface area is 218 Å². The van der Waals surface area contributed by atoms with Crippen molar-refractivity contribution in [2.24, 2.45) is 5.73 Å². The molecule has 5 rings (SSSR count). The number of rotatable bonds is 7. The van der Waals surface area contributed by atoms with Gasteiger partial charge in [-0.2, -0.15) is 0 Å². The van der Waals surface area contributed by atoms with Crippen LogP contribution in [0.15, 0.2) is 96.2 Å². The molecule has 0 radical (unpaired) electrons. The van der Waals surface area contributed by atoms with Crippen LogP contribution in [0.25, 0.3) is 0 Å². The van der Waals surface area contributed by atoms with Crippen molar-refractivity contribution in [3.8, 4) is 5.75 Å². The third-order valence-corrected chi connectivity index (χ3v) is 7.28. The molecule has 1 saturated heterocycles. The molecule has 1 unspecified atom stereocenters. The fourth-order valence-electron chi connectivity index (χ4n) is 4.15. The lowest BCUT2D eigenvalue weighted by Crippen LogP contribution is -2.68. The summed E-state index contributed by atoms with van der Waals surface area (Å²) in [6, 6.07) is 23.9. The summed E-state index contributed by atoms with van der Waals surface area (Å²) in [6.45, 7) is 0.00790. The van der Waals surface area contributed by atoms with E-state index in [0.29, 0.717) is 17.1 Å². The molecule has 0 spiro atoms. The molecule has 36 heavy (non-hydrogen) atoms. The molecule has 6 nitrogen and oxygen atoms in total. The van der Waals surface area contributed by atoms with Gasteiger partial charge in [-0.1, -0.05) is 66.7 Å². The number of nitrogens with zero attached hydrogens (tertiary/aromatic N) is 1. The van der Waals surface area contributed by atoms with Gasteiger partial charge in [0.1, 0.15) is 35.3 Å². The maximum Gasteiger partial charge on any atom is 0.356 e. The van der Waals surface area contributed by atoms with Gasteiger partial charge in [-0.3, -0.25) is 9.69 Å². The zero-order valence-corrected chi connectivity index (χ0v) is 20.7. The summed E-state index contributed by atoms with van der Waals surface area (Å²) in [4.78, 5) is 27.7. The van der Waals surface area contributed by atoms with Crippen LogP contribution < -0.4 is 10.5 Å². The Morgan fingerprint density at radius 1 is 1.03 bits per heavy atom. The molecule has 9 heteroatoms. The van der Waals surface area contributed by atoms with Crippen LogP contribution in [0.5, 0.6) is 5.75 Å². The van der Waals surface area contributed by atoms with E-state index in [9.17, 15) is 14.0 Å². The molecule has 3 aromatic rings. The zero-order valence-electron chi connectivity index (χ0n) is 19.1. The predicted octanol–water partition coefficient (Wildman–Crippen LogP) is 4.46. The quantitative estimate of drug-likeness (QED) is 0.362. The number of hydrogen-bond donors (Lipinski definition) is 1. The van der Waals surface area contributed by atoms with Gasteiger partial charge in [-0.25, -0.2) is 9.18 Å². The van der Waals surface area contributed by atoms with Crippen molar-refractivity contribution >= 4 is 36.0 Å². The fourth-order valence-corrected chi connectivity index (χ4v) is 5.43. The predicted molar refractivity (Wildman–Crippen MR) is 138 cm³/mol. The summed E-state index contributed by atoms with van der Waals surface area (Å²) in [5.74, 6) is -0.634. The number of carbonyl (C=O) groups excluding carboxylic acids is 2.